The molecule has 226 valence electrons. The number of hydrogen-bond donors (Lipinski definition) is 0. The molecule has 6 aromatic rings. The Bertz CT molecular complexity index is 2370. The molecule has 0 N–H and O–H groups in total. The number of benzene rings is 5. The number of fused-ring (bicyclic) bond motifs is 4. The number of aromatic nitrogens is 1. The lowest BCUT2D eigenvalue weighted by atomic mass is 9.83. The van der Waals surface area contributed by atoms with Crippen LogP contribution in [0, 0.1) is 5.82 Å². The molecule has 1 aliphatic heterocycles. The fraction of sp³-hybridized carbons (Fsp3) is 0.105. The second-order valence-corrected chi connectivity index (χ2v) is 14.1. The Morgan fingerprint density at radius 1 is 0.913 bits per heavy atom. The summed E-state index contributed by atoms with van der Waals surface area (Å²) in [6.45, 7) is 0.410. The van der Waals surface area contributed by atoms with Crippen LogP contribution in [0.3, 0.4) is 0 Å². The van der Waals surface area contributed by atoms with Crippen LogP contribution in [-0.2, 0) is 13.0 Å². The van der Waals surface area contributed by atoms with Gasteiger partial charge >= 0.3 is 0 Å². The van der Waals surface area contributed by atoms with E-state index in [9.17, 15) is 9.18 Å². The maximum atomic E-state index is 14.1. The van der Waals surface area contributed by atoms with Gasteiger partial charge in [0.15, 0.2) is 4.80 Å². The summed E-state index contributed by atoms with van der Waals surface area (Å²) < 4.78 is 24.2. The SMILES string of the molecule is O=c1/c(=C\c2cc(Br)c(OCc3cccc4ccccc34)c(Br)c2)sc2n1[C@@H](c1ccc(F)cc1)C1=C(N=2)c2ccccc2CC1. The average molecular weight is 753 g/mol. The molecular formula is C38H25Br2FN2O2S. The first kappa shape index (κ1) is 29.3. The van der Waals surface area contributed by atoms with Crippen LogP contribution >= 0.6 is 43.2 Å². The number of thiazole rings is 1. The molecule has 8 rings (SSSR count). The van der Waals surface area contributed by atoms with Crippen LogP contribution in [0.5, 0.6) is 5.75 Å². The molecule has 0 saturated heterocycles. The number of nitrogens with zero attached hydrogens (tertiary/aromatic N) is 2. The topological polar surface area (TPSA) is 43.6 Å². The van der Waals surface area contributed by atoms with Crippen molar-refractivity contribution in [1.29, 1.82) is 0 Å². The smallest absolute Gasteiger partial charge is 0.271 e. The van der Waals surface area contributed by atoms with Gasteiger partial charge < -0.3 is 4.74 Å². The normalized spacial score (nSPS) is 15.7. The summed E-state index contributed by atoms with van der Waals surface area (Å²) in [5, 5.41) is 2.33. The van der Waals surface area contributed by atoms with E-state index in [0.29, 0.717) is 21.7 Å². The quantitative estimate of drug-likeness (QED) is 0.177. The molecule has 0 fully saturated rings. The van der Waals surface area contributed by atoms with Gasteiger partial charge in [-0.05, 0) is 114 Å². The minimum absolute atomic E-state index is 0.119. The molecule has 0 spiro atoms. The summed E-state index contributed by atoms with van der Waals surface area (Å²) in [6, 6.07) is 32.8. The van der Waals surface area contributed by atoms with Crippen LogP contribution in [0.4, 0.5) is 4.39 Å². The molecule has 2 aliphatic rings. The first-order valence-corrected chi connectivity index (χ1v) is 17.3. The van der Waals surface area contributed by atoms with Crippen molar-refractivity contribution >= 4 is 65.7 Å². The second-order valence-electron chi connectivity index (χ2n) is 11.4. The number of halogens is 3. The van der Waals surface area contributed by atoms with Crippen molar-refractivity contribution in [2.45, 2.75) is 25.5 Å². The van der Waals surface area contributed by atoms with E-state index in [1.807, 2.05) is 42.5 Å². The average Bonchev–Trinajstić information content (AvgIpc) is 3.37. The predicted molar refractivity (Wildman–Crippen MR) is 189 cm³/mol. The molecule has 1 atom stereocenters. The zero-order valence-corrected chi connectivity index (χ0v) is 28.3. The molecule has 5 aromatic carbocycles. The van der Waals surface area contributed by atoms with Gasteiger partial charge in [0.25, 0.3) is 5.56 Å². The van der Waals surface area contributed by atoms with Gasteiger partial charge in [-0.3, -0.25) is 9.36 Å². The van der Waals surface area contributed by atoms with Gasteiger partial charge in [0.2, 0.25) is 0 Å². The van der Waals surface area contributed by atoms with E-state index < -0.39 is 0 Å². The molecule has 0 unspecified atom stereocenters. The van der Waals surface area contributed by atoms with E-state index in [1.54, 1.807) is 16.7 Å². The highest BCUT2D eigenvalue weighted by Gasteiger charge is 2.32. The van der Waals surface area contributed by atoms with Crippen molar-refractivity contribution in [3.8, 4) is 5.75 Å². The number of ether oxygens (including phenoxy) is 1. The standard InChI is InChI=1S/C38H25Br2FN2O2S/c39-31-18-22(19-32(40)36(31)45-21-26-9-5-8-23-6-1-3-10-28(23)26)20-33-37(44)43-35(25-12-15-27(41)16-13-25)30-17-14-24-7-2-4-11-29(24)34(30)42-38(43)46-33/h1-13,15-16,18-20,35H,14,17,21H2/b33-20+/t35-/m0/s1. The van der Waals surface area contributed by atoms with Crippen LogP contribution in [-0.4, -0.2) is 4.57 Å². The minimum atomic E-state index is -0.356. The third-order valence-electron chi connectivity index (χ3n) is 8.63. The van der Waals surface area contributed by atoms with Gasteiger partial charge in [-0.15, -0.1) is 0 Å². The number of aryl methyl sites for hydroxylation is 1. The summed E-state index contributed by atoms with van der Waals surface area (Å²) in [5.41, 5.74) is 7.04. The van der Waals surface area contributed by atoms with Crippen LogP contribution in [0.25, 0.3) is 22.5 Å². The number of hydrogen-bond acceptors (Lipinski definition) is 4. The van der Waals surface area contributed by atoms with Crippen molar-refractivity contribution in [3.05, 3.63) is 171 Å². The van der Waals surface area contributed by atoms with Crippen molar-refractivity contribution < 1.29 is 9.13 Å². The second kappa shape index (κ2) is 11.9. The lowest BCUT2D eigenvalue weighted by molar-refractivity contribution is 0.303. The van der Waals surface area contributed by atoms with Crippen LogP contribution in [0.1, 0.15) is 40.3 Å². The number of rotatable bonds is 5. The summed E-state index contributed by atoms with van der Waals surface area (Å²) >= 11 is 8.78. The van der Waals surface area contributed by atoms with Crippen molar-refractivity contribution in [3.63, 3.8) is 0 Å². The maximum absolute atomic E-state index is 14.1. The Morgan fingerprint density at radius 3 is 2.48 bits per heavy atom. The maximum Gasteiger partial charge on any atom is 0.271 e. The van der Waals surface area contributed by atoms with Gasteiger partial charge in [0.05, 0.1) is 25.2 Å². The molecule has 0 saturated carbocycles. The lowest BCUT2D eigenvalue weighted by Gasteiger charge is -2.30. The lowest BCUT2D eigenvalue weighted by Crippen LogP contribution is -2.38. The molecule has 1 aromatic heterocycles. The van der Waals surface area contributed by atoms with E-state index in [4.69, 9.17) is 9.73 Å². The highest BCUT2D eigenvalue weighted by atomic mass is 79.9. The Balaban J connectivity index is 1.19. The fourth-order valence-electron chi connectivity index (χ4n) is 6.49. The third kappa shape index (κ3) is 5.18. The largest absolute Gasteiger partial charge is 0.487 e. The van der Waals surface area contributed by atoms with Gasteiger partial charge in [0, 0.05) is 5.56 Å². The van der Waals surface area contributed by atoms with Crippen molar-refractivity contribution in [2.24, 2.45) is 4.99 Å². The van der Waals surface area contributed by atoms with E-state index in [2.05, 4.69) is 74.3 Å². The fourth-order valence-corrected chi connectivity index (χ4v) is 8.94. The predicted octanol–water partition coefficient (Wildman–Crippen LogP) is 8.72. The zero-order chi connectivity index (χ0) is 31.4. The highest BCUT2D eigenvalue weighted by molar-refractivity contribution is 9.11. The van der Waals surface area contributed by atoms with Gasteiger partial charge in [-0.2, -0.15) is 0 Å². The molecule has 46 heavy (non-hydrogen) atoms. The van der Waals surface area contributed by atoms with Crippen molar-refractivity contribution in [1.82, 2.24) is 4.57 Å². The van der Waals surface area contributed by atoms with E-state index in [1.165, 1.54) is 34.4 Å². The first-order chi connectivity index (χ1) is 22.4. The molecule has 0 radical (unpaired) electrons. The molecule has 1 aliphatic carbocycles. The number of allylic oxidation sites excluding steroid dienone is 1. The van der Waals surface area contributed by atoms with Crippen LogP contribution in [0.2, 0.25) is 0 Å². The van der Waals surface area contributed by atoms with Crippen molar-refractivity contribution in [2.75, 3.05) is 0 Å². The summed E-state index contributed by atoms with van der Waals surface area (Å²) in [4.78, 5) is 19.8. The van der Waals surface area contributed by atoms with Gasteiger partial charge in [-0.1, -0.05) is 90.2 Å². The van der Waals surface area contributed by atoms with E-state index >= 15 is 0 Å². The van der Waals surface area contributed by atoms with Crippen LogP contribution in [0.15, 0.2) is 127 Å². The van der Waals surface area contributed by atoms with Gasteiger partial charge in [0.1, 0.15) is 18.2 Å². The molecule has 0 amide bonds. The summed E-state index contributed by atoms with van der Waals surface area (Å²) in [5.74, 6) is 0.384. The molecule has 2 heterocycles. The Hall–Kier alpha value is -4.11. The highest BCUT2D eigenvalue weighted by Crippen LogP contribution is 2.41. The summed E-state index contributed by atoms with van der Waals surface area (Å²) in [7, 11) is 0. The summed E-state index contributed by atoms with van der Waals surface area (Å²) in [6.07, 6.45) is 3.54. The van der Waals surface area contributed by atoms with Gasteiger partial charge in [-0.25, -0.2) is 9.38 Å². The zero-order valence-electron chi connectivity index (χ0n) is 24.3. The monoisotopic (exact) mass is 750 g/mol. The minimum Gasteiger partial charge on any atom is -0.487 e. The Kier molecular flexibility index (Phi) is 7.59. The molecule has 4 nitrogen and oxygen atoms in total. The third-order valence-corrected chi connectivity index (χ3v) is 10.8. The molecular weight excluding hydrogens is 727 g/mol. The molecule has 0 bridgehead atoms. The first-order valence-electron chi connectivity index (χ1n) is 14.9. The van der Waals surface area contributed by atoms with E-state index in [-0.39, 0.29) is 17.4 Å². The van der Waals surface area contributed by atoms with E-state index in [0.717, 1.165) is 60.7 Å². The Morgan fingerprint density at radius 2 is 1.65 bits per heavy atom. The van der Waals surface area contributed by atoms with Crippen LogP contribution < -0.4 is 19.6 Å². The molecule has 8 heteroatoms. The Labute approximate surface area is 285 Å².